The van der Waals surface area contributed by atoms with Crippen molar-refractivity contribution in [3.8, 4) is 0 Å². The molecule has 0 radical (unpaired) electrons. The zero-order chi connectivity index (χ0) is 13.4. The second kappa shape index (κ2) is 8.52. The molecule has 106 valence electrons. The lowest BCUT2D eigenvalue weighted by molar-refractivity contribution is -0.149. The monoisotopic (exact) mass is 255 g/mol. The normalized spacial score (nSPS) is 20.4. The van der Waals surface area contributed by atoms with Crippen LogP contribution in [0.5, 0.6) is 0 Å². The number of nitrogens with two attached hydrogens (primary N) is 1. The molecule has 0 bridgehead atoms. The Hall–Kier alpha value is -0.570. The fraction of sp³-hybridized carbons (Fsp3) is 0.933. The molecule has 2 unspecified atom stereocenters. The Bertz CT molecular complexity index is 235. The summed E-state index contributed by atoms with van der Waals surface area (Å²) in [5.41, 5.74) is 5.69. The van der Waals surface area contributed by atoms with Crippen molar-refractivity contribution in [1.29, 1.82) is 0 Å². The number of hydrogen-bond donors (Lipinski definition) is 1. The number of rotatable bonds is 7. The van der Waals surface area contributed by atoms with E-state index >= 15 is 0 Å². The Balaban J connectivity index is 2.10. The Morgan fingerprint density at radius 2 is 1.89 bits per heavy atom. The number of ether oxygens (including phenoxy) is 1. The molecule has 0 aromatic carbocycles. The van der Waals surface area contributed by atoms with Gasteiger partial charge in [0.2, 0.25) is 0 Å². The van der Waals surface area contributed by atoms with Gasteiger partial charge < -0.3 is 10.5 Å². The highest BCUT2D eigenvalue weighted by Gasteiger charge is 2.18. The van der Waals surface area contributed by atoms with E-state index in [1.165, 1.54) is 32.1 Å². The third-order valence-corrected chi connectivity index (χ3v) is 3.89. The summed E-state index contributed by atoms with van der Waals surface area (Å²) in [7, 11) is 0. The molecule has 1 rings (SSSR count). The van der Waals surface area contributed by atoms with Crippen molar-refractivity contribution >= 4 is 5.97 Å². The summed E-state index contributed by atoms with van der Waals surface area (Å²) in [4.78, 5) is 11.8. The van der Waals surface area contributed by atoms with Crippen LogP contribution in [-0.4, -0.2) is 18.6 Å². The molecule has 0 saturated heterocycles. The fourth-order valence-electron chi connectivity index (χ4n) is 2.56. The van der Waals surface area contributed by atoms with Gasteiger partial charge >= 0.3 is 5.97 Å². The average Bonchev–Trinajstić information content (AvgIpc) is 2.36. The van der Waals surface area contributed by atoms with Crippen LogP contribution in [0.25, 0.3) is 0 Å². The number of esters is 1. The van der Waals surface area contributed by atoms with E-state index in [0.29, 0.717) is 12.5 Å². The van der Waals surface area contributed by atoms with Crippen LogP contribution in [0.4, 0.5) is 0 Å². The quantitative estimate of drug-likeness (QED) is 0.710. The maximum atomic E-state index is 11.8. The molecule has 1 aliphatic carbocycles. The SMILES string of the molecule is CC(N)CCCC(C)C(=O)OCC1CCCCC1. The minimum Gasteiger partial charge on any atom is -0.465 e. The topological polar surface area (TPSA) is 52.3 Å². The van der Waals surface area contributed by atoms with Gasteiger partial charge in [-0.3, -0.25) is 4.79 Å². The van der Waals surface area contributed by atoms with Crippen LogP contribution in [0.3, 0.4) is 0 Å². The summed E-state index contributed by atoms with van der Waals surface area (Å²) in [6.07, 6.45) is 9.29. The van der Waals surface area contributed by atoms with Crippen LogP contribution in [-0.2, 0) is 9.53 Å². The molecule has 2 atom stereocenters. The largest absolute Gasteiger partial charge is 0.465 e. The van der Waals surface area contributed by atoms with Gasteiger partial charge in [0.15, 0.2) is 0 Å². The van der Waals surface area contributed by atoms with Gasteiger partial charge in [0, 0.05) is 6.04 Å². The molecule has 0 aromatic rings. The van der Waals surface area contributed by atoms with Crippen LogP contribution in [0.15, 0.2) is 0 Å². The number of carbonyl (C=O) groups excluding carboxylic acids is 1. The van der Waals surface area contributed by atoms with Crippen molar-refractivity contribution in [2.75, 3.05) is 6.61 Å². The molecule has 0 aliphatic heterocycles. The predicted molar refractivity (Wildman–Crippen MR) is 74.2 cm³/mol. The van der Waals surface area contributed by atoms with Crippen molar-refractivity contribution in [3.63, 3.8) is 0 Å². The summed E-state index contributed by atoms with van der Waals surface area (Å²) >= 11 is 0. The first-order valence-corrected chi connectivity index (χ1v) is 7.51. The van der Waals surface area contributed by atoms with E-state index in [4.69, 9.17) is 10.5 Å². The molecular weight excluding hydrogens is 226 g/mol. The summed E-state index contributed by atoms with van der Waals surface area (Å²) < 4.78 is 5.43. The third-order valence-electron chi connectivity index (χ3n) is 3.89. The first-order valence-electron chi connectivity index (χ1n) is 7.51. The van der Waals surface area contributed by atoms with Gasteiger partial charge in [0.1, 0.15) is 0 Å². The third kappa shape index (κ3) is 6.39. The van der Waals surface area contributed by atoms with E-state index in [1.807, 2.05) is 13.8 Å². The maximum Gasteiger partial charge on any atom is 0.308 e. The van der Waals surface area contributed by atoms with E-state index in [9.17, 15) is 4.79 Å². The van der Waals surface area contributed by atoms with Crippen LogP contribution in [0, 0.1) is 11.8 Å². The number of carbonyl (C=O) groups is 1. The number of hydrogen-bond acceptors (Lipinski definition) is 3. The van der Waals surface area contributed by atoms with Gasteiger partial charge in [-0.05, 0) is 38.5 Å². The minimum absolute atomic E-state index is 0.0207. The zero-order valence-electron chi connectivity index (χ0n) is 12.0. The molecule has 3 heteroatoms. The fourth-order valence-corrected chi connectivity index (χ4v) is 2.56. The summed E-state index contributed by atoms with van der Waals surface area (Å²) in [5.74, 6) is 0.608. The van der Waals surface area contributed by atoms with E-state index in [-0.39, 0.29) is 17.9 Å². The van der Waals surface area contributed by atoms with Gasteiger partial charge in [-0.1, -0.05) is 32.6 Å². The first kappa shape index (κ1) is 15.5. The molecule has 0 spiro atoms. The van der Waals surface area contributed by atoms with Gasteiger partial charge in [-0.25, -0.2) is 0 Å². The van der Waals surface area contributed by atoms with Crippen LogP contribution in [0.1, 0.15) is 65.2 Å². The van der Waals surface area contributed by atoms with Crippen molar-refractivity contribution < 1.29 is 9.53 Å². The van der Waals surface area contributed by atoms with Gasteiger partial charge in [-0.15, -0.1) is 0 Å². The van der Waals surface area contributed by atoms with E-state index in [0.717, 1.165) is 19.3 Å². The Morgan fingerprint density at radius 1 is 1.22 bits per heavy atom. The zero-order valence-corrected chi connectivity index (χ0v) is 12.0. The Morgan fingerprint density at radius 3 is 2.50 bits per heavy atom. The lowest BCUT2D eigenvalue weighted by Crippen LogP contribution is -2.21. The van der Waals surface area contributed by atoms with E-state index in [2.05, 4.69) is 0 Å². The van der Waals surface area contributed by atoms with Crippen molar-refractivity contribution in [1.82, 2.24) is 0 Å². The van der Waals surface area contributed by atoms with Crippen molar-refractivity contribution in [3.05, 3.63) is 0 Å². The molecule has 1 aliphatic rings. The highest BCUT2D eigenvalue weighted by Crippen LogP contribution is 2.24. The maximum absolute atomic E-state index is 11.8. The first-order chi connectivity index (χ1) is 8.59. The van der Waals surface area contributed by atoms with Gasteiger partial charge in [-0.2, -0.15) is 0 Å². The van der Waals surface area contributed by atoms with Gasteiger partial charge in [0.25, 0.3) is 0 Å². The predicted octanol–water partition coefficient (Wildman–Crippen LogP) is 3.26. The van der Waals surface area contributed by atoms with Gasteiger partial charge in [0.05, 0.1) is 12.5 Å². The molecule has 0 heterocycles. The lowest BCUT2D eigenvalue weighted by Gasteiger charge is -2.22. The standard InChI is InChI=1S/C15H29NO2/c1-12(7-6-8-13(2)16)15(17)18-11-14-9-4-3-5-10-14/h12-14H,3-11,16H2,1-2H3. The van der Waals surface area contributed by atoms with E-state index < -0.39 is 0 Å². The molecule has 0 aromatic heterocycles. The van der Waals surface area contributed by atoms with Crippen LogP contribution < -0.4 is 5.73 Å². The highest BCUT2D eigenvalue weighted by atomic mass is 16.5. The minimum atomic E-state index is -0.0229. The molecular formula is C15H29NO2. The summed E-state index contributed by atoms with van der Waals surface area (Å²) in [5, 5.41) is 0. The van der Waals surface area contributed by atoms with Crippen molar-refractivity contribution in [2.45, 2.75) is 71.3 Å². The summed E-state index contributed by atoms with van der Waals surface area (Å²) in [6, 6.07) is 0.232. The van der Waals surface area contributed by atoms with Crippen molar-refractivity contribution in [2.24, 2.45) is 17.6 Å². The Labute approximate surface area is 111 Å². The highest BCUT2D eigenvalue weighted by molar-refractivity contribution is 5.71. The smallest absolute Gasteiger partial charge is 0.308 e. The molecule has 2 N–H and O–H groups in total. The summed E-state index contributed by atoms with van der Waals surface area (Å²) in [6.45, 7) is 4.60. The molecule has 1 saturated carbocycles. The molecule has 0 amide bonds. The van der Waals surface area contributed by atoms with E-state index in [1.54, 1.807) is 0 Å². The lowest BCUT2D eigenvalue weighted by atomic mass is 9.90. The second-order valence-corrected chi connectivity index (χ2v) is 5.94. The Kier molecular flexibility index (Phi) is 7.33. The average molecular weight is 255 g/mol. The second-order valence-electron chi connectivity index (χ2n) is 5.94. The molecule has 3 nitrogen and oxygen atoms in total. The molecule has 1 fully saturated rings. The molecule has 18 heavy (non-hydrogen) atoms. The van der Waals surface area contributed by atoms with Crippen LogP contribution >= 0.6 is 0 Å². The van der Waals surface area contributed by atoms with Crippen LogP contribution in [0.2, 0.25) is 0 Å².